The molecule has 2 rings (SSSR count). The van der Waals surface area contributed by atoms with Crippen LogP contribution >= 0.6 is 0 Å². The van der Waals surface area contributed by atoms with Gasteiger partial charge < -0.3 is 14.7 Å². The number of ether oxygens (including phenoxy) is 1. The Bertz CT molecular complexity index is 690. The van der Waals surface area contributed by atoms with E-state index in [9.17, 15) is 15.2 Å². The van der Waals surface area contributed by atoms with Crippen LogP contribution in [-0.2, 0) is 4.74 Å². The Hall–Kier alpha value is -2.25. The van der Waals surface area contributed by atoms with Crippen LogP contribution in [0.4, 0.5) is 11.4 Å². The van der Waals surface area contributed by atoms with Gasteiger partial charge in [0, 0.05) is 49.6 Å². The van der Waals surface area contributed by atoms with Gasteiger partial charge in [0.25, 0.3) is 5.69 Å². The highest BCUT2D eigenvalue weighted by Crippen LogP contribution is 2.29. The molecule has 1 N–H and O–H groups in total. The van der Waals surface area contributed by atoms with Crippen LogP contribution in [0.5, 0.6) is 0 Å². The number of rotatable bonds is 6. The van der Waals surface area contributed by atoms with Crippen molar-refractivity contribution < 1.29 is 14.8 Å². The van der Waals surface area contributed by atoms with Crippen LogP contribution < -0.4 is 4.90 Å². The number of nitro groups is 1. The minimum atomic E-state index is -0.641. The monoisotopic (exact) mass is 305 g/mol. The van der Waals surface area contributed by atoms with Crippen molar-refractivity contribution in [2.24, 2.45) is 0 Å². The van der Waals surface area contributed by atoms with Crippen molar-refractivity contribution in [3.8, 4) is 0 Å². The Kier molecular flexibility index (Phi) is 4.89. The SMILES string of the molecule is COC[C@@H](O)CN(C)c1cc(C)nc2ccc([N+](=O)[O-])cc12. The molecule has 7 heteroatoms. The number of nitrogens with zero attached hydrogens (tertiary/aromatic N) is 3. The fourth-order valence-corrected chi connectivity index (χ4v) is 2.41. The number of hydrogen-bond acceptors (Lipinski definition) is 6. The highest BCUT2D eigenvalue weighted by Gasteiger charge is 2.15. The summed E-state index contributed by atoms with van der Waals surface area (Å²) in [7, 11) is 3.35. The van der Waals surface area contributed by atoms with Crippen LogP contribution in [-0.4, -0.2) is 48.4 Å². The second-order valence-corrected chi connectivity index (χ2v) is 5.23. The minimum Gasteiger partial charge on any atom is -0.389 e. The first kappa shape index (κ1) is 16.1. The van der Waals surface area contributed by atoms with Crippen molar-refractivity contribution in [1.29, 1.82) is 0 Å². The fourth-order valence-electron chi connectivity index (χ4n) is 2.41. The lowest BCUT2D eigenvalue weighted by atomic mass is 10.1. The molecule has 0 aliphatic rings. The summed E-state index contributed by atoms with van der Waals surface area (Å²) in [6, 6.07) is 6.45. The van der Waals surface area contributed by atoms with E-state index in [1.54, 1.807) is 6.07 Å². The van der Waals surface area contributed by atoms with Gasteiger partial charge in [-0.3, -0.25) is 15.1 Å². The smallest absolute Gasteiger partial charge is 0.270 e. The van der Waals surface area contributed by atoms with Gasteiger partial charge >= 0.3 is 0 Å². The molecular formula is C15H19N3O4. The predicted molar refractivity (Wildman–Crippen MR) is 84.3 cm³/mol. The molecule has 2 aromatic rings. The first-order valence-electron chi connectivity index (χ1n) is 6.86. The lowest BCUT2D eigenvalue weighted by Gasteiger charge is -2.24. The number of aliphatic hydroxyl groups excluding tert-OH is 1. The largest absolute Gasteiger partial charge is 0.389 e. The topological polar surface area (TPSA) is 88.7 Å². The summed E-state index contributed by atoms with van der Waals surface area (Å²) in [5, 5.41) is 21.5. The van der Waals surface area contributed by atoms with Gasteiger partial charge in [-0.15, -0.1) is 0 Å². The lowest BCUT2D eigenvalue weighted by molar-refractivity contribution is -0.384. The molecule has 0 spiro atoms. The number of aliphatic hydroxyl groups is 1. The van der Waals surface area contributed by atoms with Crippen LogP contribution in [0.15, 0.2) is 24.3 Å². The average Bonchev–Trinajstić information content (AvgIpc) is 2.45. The molecule has 22 heavy (non-hydrogen) atoms. The average molecular weight is 305 g/mol. The highest BCUT2D eigenvalue weighted by atomic mass is 16.6. The summed E-state index contributed by atoms with van der Waals surface area (Å²) < 4.78 is 4.92. The molecular weight excluding hydrogens is 286 g/mol. The van der Waals surface area contributed by atoms with E-state index >= 15 is 0 Å². The fraction of sp³-hybridized carbons (Fsp3) is 0.400. The summed E-state index contributed by atoms with van der Waals surface area (Å²) in [4.78, 5) is 16.8. The van der Waals surface area contributed by atoms with Crippen molar-refractivity contribution in [3.05, 3.63) is 40.1 Å². The highest BCUT2D eigenvalue weighted by molar-refractivity contribution is 5.93. The summed E-state index contributed by atoms with van der Waals surface area (Å²) in [6.07, 6.45) is -0.641. The molecule has 0 fully saturated rings. The van der Waals surface area contributed by atoms with Gasteiger partial charge in [0.1, 0.15) is 0 Å². The number of fused-ring (bicyclic) bond motifs is 1. The molecule has 118 valence electrons. The predicted octanol–water partition coefficient (Wildman–Crippen LogP) is 1.89. The molecule has 1 heterocycles. The third-order valence-corrected chi connectivity index (χ3v) is 3.36. The van der Waals surface area contributed by atoms with E-state index in [4.69, 9.17) is 4.74 Å². The second kappa shape index (κ2) is 6.67. The molecule has 7 nitrogen and oxygen atoms in total. The maximum Gasteiger partial charge on any atom is 0.270 e. The van der Waals surface area contributed by atoms with E-state index < -0.39 is 11.0 Å². The third kappa shape index (κ3) is 3.49. The van der Waals surface area contributed by atoms with Crippen molar-refractivity contribution >= 4 is 22.3 Å². The molecule has 0 aliphatic carbocycles. The summed E-state index contributed by atoms with van der Waals surface area (Å²) in [5.41, 5.74) is 2.31. The van der Waals surface area contributed by atoms with Gasteiger partial charge in [-0.2, -0.15) is 0 Å². The van der Waals surface area contributed by atoms with Crippen LogP contribution in [0.3, 0.4) is 0 Å². The molecule has 0 amide bonds. The number of anilines is 1. The van der Waals surface area contributed by atoms with Gasteiger partial charge in [0.05, 0.1) is 23.2 Å². The first-order chi connectivity index (χ1) is 10.4. The van der Waals surface area contributed by atoms with E-state index in [0.29, 0.717) is 17.4 Å². The molecule has 1 aromatic carbocycles. The summed E-state index contributed by atoms with van der Waals surface area (Å²) in [5.74, 6) is 0. The molecule has 1 atom stereocenters. The van der Waals surface area contributed by atoms with Crippen LogP contribution in [0.1, 0.15) is 5.69 Å². The molecule has 0 unspecified atom stereocenters. The maximum atomic E-state index is 11.0. The lowest BCUT2D eigenvalue weighted by Crippen LogP contribution is -2.32. The van der Waals surface area contributed by atoms with Crippen molar-refractivity contribution in [2.75, 3.05) is 32.2 Å². The molecule has 0 saturated heterocycles. The van der Waals surface area contributed by atoms with E-state index in [0.717, 1.165) is 11.4 Å². The standard InChI is InChI=1S/C15H19N3O4/c1-10-6-15(17(2)8-12(19)9-22-3)13-7-11(18(20)21)4-5-14(13)16-10/h4-7,12,19H,8-9H2,1-3H3/t12-/m0/s1. The normalized spacial score (nSPS) is 12.4. The van der Waals surface area contributed by atoms with Crippen molar-refractivity contribution in [2.45, 2.75) is 13.0 Å². The Labute approximate surface area is 128 Å². The Morgan fingerprint density at radius 2 is 2.18 bits per heavy atom. The van der Waals surface area contributed by atoms with E-state index in [2.05, 4.69) is 4.98 Å². The maximum absolute atomic E-state index is 11.0. The van der Waals surface area contributed by atoms with Crippen LogP contribution in [0.25, 0.3) is 10.9 Å². The summed E-state index contributed by atoms with van der Waals surface area (Å²) >= 11 is 0. The van der Waals surface area contributed by atoms with Crippen LogP contribution in [0, 0.1) is 17.0 Å². The minimum absolute atomic E-state index is 0.0187. The third-order valence-electron chi connectivity index (χ3n) is 3.36. The van der Waals surface area contributed by atoms with E-state index in [-0.39, 0.29) is 12.3 Å². The van der Waals surface area contributed by atoms with Crippen molar-refractivity contribution in [3.63, 3.8) is 0 Å². The van der Waals surface area contributed by atoms with Gasteiger partial charge in [-0.1, -0.05) is 0 Å². The Balaban J connectivity index is 2.46. The van der Waals surface area contributed by atoms with Gasteiger partial charge in [0.2, 0.25) is 0 Å². The van der Waals surface area contributed by atoms with Gasteiger partial charge in [-0.05, 0) is 19.1 Å². The van der Waals surface area contributed by atoms with Crippen molar-refractivity contribution in [1.82, 2.24) is 4.98 Å². The number of pyridine rings is 1. The zero-order valence-corrected chi connectivity index (χ0v) is 12.8. The zero-order valence-electron chi connectivity index (χ0n) is 12.8. The number of likely N-dealkylation sites (N-methyl/N-ethyl adjacent to an activating group) is 1. The number of methoxy groups -OCH3 is 1. The first-order valence-corrected chi connectivity index (χ1v) is 6.86. The second-order valence-electron chi connectivity index (χ2n) is 5.23. The number of aromatic nitrogens is 1. The van der Waals surface area contributed by atoms with Crippen LogP contribution in [0.2, 0.25) is 0 Å². The molecule has 0 saturated carbocycles. The summed E-state index contributed by atoms with van der Waals surface area (Å²) in [6.45, 7) is 2.45. The zero-order chi connectivity index (χ0) is 16.3. The van der Waals surface area contributed by atoms with E-state index in [1.165, 1.54) is 19.2 Å². The molecule has 0 radical (unpaired) electrons. The van der Waals surface area contributed by atoms with E-state index in [1.807, 2.05) is 24.9 Å². The number of aryl methyl sites for hydroxylation is 1. The quantitative estimate of drug-likeness (QED) is 0.647. The number of nitro benzene ring substituents is 1. The molecule has 0 aliphatic heterocycles. The van der Waals surface area contributed by atoms with Gasteiger partial charge in [0.15, 0.2) is 0 Å². The Morgan fingerprint density at radius 3 is 2.82 bits per heavy atom. The Morgan fingerprint density at radius 1 is 1.45 bits per heavy atom. The number of benzene rings is 1. The number of non-ortho nitro benzene ring substituents is 1. The molecule has 1 aromatic heterocycles. The molecule has 0 bridgehead atoms. The van der Waals surface area contributed by atoms with Gasteiger partial charge in [-0.25, -0.2) is 0 Å². The number of hydrogen-bond donors (Lipinski definition) is 1.